The molecule has 1 aliphatic rings. The molecule has 1 aromatic carbocycles. The maximum absolute atomic E-state index is 13.3. The number of carbonyl (C=O) groups excluding carboxylic acids is 3. The Hall–Kier alpha value is -2.80. The second-order valence-electron chi connectivity index (χ2n) is 3.90. The molecule has 0 saturated carbocycles. The molecule has 1 saturated heterocycles. The summed E-state index contributed by atoms with van der Waals surface area (Å²) in [7, 11) is 0. The summed E-state index contributed by atoms with van der Waals surface area (Å²) < 4.78 is 13.3. The number of nitrogens with one attached hydrogen (secondary N) is 1. The van der Waals surface area contributed by atoms with Gasteiger partial charge in [-0.25, -0.2) is 15.0 Å². The van der Waals surface area contributed by atoms with Gasteiger partial charge in [0, 0.05) is 5.56 Å². The van der Waals surface area contributed by atoms with E-state index in [0.29, 0.717) is 10.6 Å². The zero-order valence-electron chi connectivity index (χ0n) is 10.2. The quantitative estimate of drug-likeness (QED) is 0.360. The predicted octanol–water partition coefficient (Wildman–Crippen LogP) is 0.717. The van der Waals surface area contributed by atoms with Crippen LogP contribution < -0.4 is 11.2 Å². The molecule has 7 heteroatoms. The molecule has 0 spiro atoms. The maximum Gasteiger partial charge on any atom is 0.345 e. The molecule has 0 aliphatic carbocycles. The Morgan fingerprint density at radius 1 is 1.20 bits per heavy atom. The largest absolute Gasteiger partial charge is 0.345 e. The molecule has 4 amide bonds. The summed E-state index contributed by atoms with van der Waals surface area (Å²) in [6.07, 6.45) is 3.88. The Morgan fingerprint density at radius 3 is 2.60 bits per heavy atom. The third-order valence-electron chi connectivity index (χ3n) is 2.58. The van der Waals surface area contributed by atoms with Gasteiger partial charge in [-0.2, -0.15) is 5.01 Å². The van der Waals surface area contributed by atoms with E-state index in [9.17, 15) is 18.8 Å². The number of rotatable bonds is 2. The first kappa shape index (κ1) is 13.6. The lowest BCUT2D eigenvalue weighted by Gasteiger charge is -2.21. The van der Waals surface area contributed by atoms with Crippen LogP contribution in [0.2, 0.25) is 0 Å². The lowest BCUT2D eigenvalue weighted by atomic mass is 10.1. The minimum absolute atomic E-state index is 0.296. The van der Waals surface area contributed by atoms with E-state index < -0.39 is 23.7 Å². The van der Waals surface area contributed by atoms with Crippen molar-refractivity contribution in [2.75, 3.05) is 0 Å². The van der Waals surface area contributed by atoms with Crippen molar-refractivity contribution in [3.8, 4) is 0 Å². The van der Waals surface area contributed by atoms with Gasteiger partial charge >= 0.3 is 6.03 Å². The molecule has 1 aromatic rings. The number of hydrogen-bond donors (Lipinski definition) is 2. The van der Waals surface area contributed by atoms with Gasteiger partial charge in [0.25, 0.3) is 11.8 Å². The molecule has 0 bridgehead atoms. The lowest BCUT2D eigenvalue weighted by Crippen LogP contribution is -2.57. The number of hydrazine groups is 1. The molecule has 2 rings (SSSR count). The molecule has 3 N–H and O–H groups in total. The zero-order valence-corrected chi connectivity index (χ0v) is 10.2. The van der Waals surface area contributed by atoms with Gasteiger partial charge in [0.1, 0.15) is 11.4 Å². The Kier molecular flexibility index (Phi) is 3.72. The van der Waals surface area contributed by atoms with Crippen molar-refractivity contribution in [2.24, 2.45) is 5.84 Å². The summed E-state index contributed by atoms with van der Waals surface area (Å²) in [5.74, 6) is 2.98. The first-order valence-corrected chi connectivity index (χ1v) is 5.58. The van der Waals surface area contributed by atoms with E-state index in [1.54, 1.807) is 12.1 Å². The molecule has 0 radical (unpaired) electrons. The normalized spacial score (nSPS) is 18.0. The van der Waals surface area contributed by atoms with E-state index >= 15 is 0 Å². The van der Waals surface area contributed by atoms with Gasteiger partial charge in [-0.15, -0.1) is 0 Å². The summed E-state index contributed by atoms with van der Waals surface area (Å²) in [6.45, 7) is 0. The van der Waals surface area contributed by atoms with Crippen LogP contribution in [0.1, 0.15) is 5.56 Å². The van der Waals surface area contributed by atoms with E-state index in [1.807, 2.05) is 5.32 Å². The van der Waals surface area contributed by atoms with Crippen molar-refractivity contribution in [3.63, 3.8) is 0 Å². The van der Waals surface area contributed by atoms with Crippen LogP contribution in [-0.4, -0.2) is 22.9 Å². The van der Waals surface area contributed by atoms with Crippen molar-refractivity contribution >= 4 is 23.9 Å². The van der Waals surface area contributed by atoms with Gasteiger partial charge in [-0.3, -0.25) is 14.9 Å². The number of halogens is 1. The number of nitrogens with zero attached hydrogens (tertiary/aromatic N) is 1. The predicted molar refractivity (Wildman–Crippen MR) is 68.1 cm³/mol. The van der Waals surface area contributed by atoms with Crippen molar-refractivity contribution in [1.29, 1.82) is 0 Å². The molecule has 6 nitrogen and oxygen atoms in total. The average molecular weight is 275 g/mol. The number of allylic oxidation sites excluding steroid dienone is 2. The summed E-state index contributed by atoms with van der Waals surface area (Å²) in [4.78, 5) is 34.1. The van der Waals surface area contributed by atoms with Gasteiger partial charge in [-0.1, -0.05) is 30.4 Å². The summed E-state index contributed by atoms with van der Waals surface area (Å²) in [6, 6.07) is 5.02. The van der Waals surface area contributed by atoms with Crippen LogP contribution in [0.5, 0.6) is 0 Å². The fourth-order valence-electron chi connectivity index (χ4n) is 1.55. The van der Waals surface area contributed by atoms with Crippen LogP contribution in [0.4, 0.5) is 9.18 Å². The Bertz CT molecular complexity index is 652. The van der Waals surface area contributed by atoms with Gasteiger partial charge < -0.3 is 0 Å². The third-order valence-corrected chi connectivity index (χ3v) is 2.58. The molecule has 102 valence electrons. The first-order valence-electron chi connectivity index (χ1n) is 5.58. The fourth-order valence-corrected chi connectivity index (χ4v) is 1.55. The molecule has 1 aliphatic heterocycles. The van der Waals surface area contributed by atoms with Crippen molar-refractivity contribution in [3.05, 3.63) is 53.4 Å². The van der Waals surface area contributed by atoms with E-state index in [4.69, 9.17) is 5.84 Å². The highest BCUT2D eigenvalue weighted by Crippen LogP contribution is 2.10. The second kappa shape index (κ2) is 5.45. The Morgan fingerprint density at radius 2 is 1.90 bits per heavy atom. The average Bonchev–Trinajstić information content (AvgIpc) is 2.42. The Balaban J connectivity index is 2.23. The van der Waals surface area contributed by atoms with Crippen molar-refractivity contribution in [2.45, 2.75) is 0 Å². The van der Waals surface area contributed by atoms with E-state index in [2.05, 4.69) is 0 Å². The van der Waals surface area contributed by atoms with Gasteiger partial charge in [0.15, 0.2) is 0 Å². The van der Waals surface area contributed by atoms with Gasteiger partial charge in [-0.05, 0) is 12.1 Å². The summed E-state index contributed by atoms with van der Waals surface area (Å²) in [5.41, 5.74) is -0.00612. The SMILES string of the molecule is NN1C(=O)NC(=O)/C(=C/C=C/c2ccccc2F)C1=O. The highest BCUT2D eigenvalue weighted by Gasteiger charge is 2.33. The first-order chi connectivity index (χ1) is 9.50. The summed E-state index contributed by atoms with van der Waals surface area (Å²) in [5, 5.41) is 2.19. The number of nitrogens with two attached hydrogens (primary N) is 1. The van der Waals surface area contributed by atoms with Crippen molar-refractivity contribution < 1.29 is 18.8 Å². The summed E-state index contributed by atoms with van der Waals surface area (Å²) >= 11 is 0. The van der Waals surface area contributed by atoms with Crippen LogP contribution in [0.15, 0.2) is 42.0 Å². The van der Waals surface area contributed by atoms with E-state index in [1.165, 1.54) is 24.3 Å². The van der Waals surface area contributed by atoms with Gasteiger partial charge in [0.05, 0.1) is 0 Å². The molecule has 1 heterocycles. The molecule has 20 heavy (non-hydrogen) atoms. The lowest BCUT2D eigenvalue weighted by molar-refractivity contribution is -0.130. The highest BCUT2D eigenvalue weighted by atomic mass is 19.1. The zero-order chi connectivity index (χ0) is 14.7. The molecular formula is C13H10FN3O3. The van der Waals surface area contributed by atoms with Gasteiger partial charge in [0.2, 0.25) is 0 Å². The number of barbiturate groups is 1. The third kappa shape index (κ3) is 2.62. The highest BCUT2D eigenvalue weighted by molar-refractivity contribution is 6.28. The minimum atomic E-state index is -0.991. The smallest absolute Gasteiger partial charge is 0.272 e. The van der Waals surface area contributed by atoms with Crippen LogP contribution in [0, 0.1) is 5.82 Å². The Labute approximate surface area is 113 Å². The van der Waals surface area contributed by atoms with Crippen LogP contribution >= 0.6 is 0 Å². The number of carbonyl (C=O) groups is 3. The molecular weight excluding hydrogens is 265 g/mol. The standard InChI is InChI=1S/C13H10FN3O3/c14-10-7-2-1-4-8(10)5-3-6-9-11(18)16-13(20)17(15)12(9)19/h1-7H,15H2,(H,16,18,20)/b5-3+,9-6-. The van der Waals surface area contributed by atoms with Crippen LogP contribution in [0.25, 0.3) is 6.08 Å². The number of imide groups is 2. The molecule has 1 fully saturated rings. The second-order valence-corrected chi connectivity index (χ2v) is 3.90. The monoisotopic (exact) mass is 275 g/mol. The molecule has 0 unspecified atom stereocenters. The molecule has 0 aromatic heterocycles. The van der Waals surface area contributed by atoms with Crippen LogP contribution in [0.3, 0.4) is 0 Å². The van der Waals surface area contributed by atoms with E-state index in [0.717, 1.165) is 6.08 Å². The van der Waals surface area contributed by atoms with Crippen molar-refractivity contribution in [1.82, 2.24) is 10.3 Å². The van der Waals surface area contributed by atoms with E-state index in [-0.39, 0.29) is 5.57 Å². The maximum atomic E-state index is 13.3. The number of urea groups is 1. The number of hydrogen-bond acceptors (Lipinski definition) is 4. The van der Waals surface area contributed by atoms with Crippen LogP contribution in [-0.2, 0) is 9.59 Å². The number of benzene rings is 1. The molecule has 0 atom stereocenters. The number of amides is 4. The fraction of sp³-hybridized carbons (Fsp3) is 0. The topological polar surface area (TPSA) is 92.5 Å². The minimum Gasteiger partial charge on any atom is -0.272 e.